The molecule has 0 atom stereocenters. The van der Waals surface area contributed by atoms with Gasteiger partial charge >= 0.3 is 24.1 Å². The first-order valence-electron chi connectivity index (χ1n) is 22.1. The molecular weight excluding hydrogens is 813 g/mol. The van der Waals surface area contributed by atoms with Crippen molar-refractivity contribution in [2.75, 3.05) is 75.2 Å². The van der Waals surface area contributed by atoms with Gasteiger partial charge in [0.25, 0.3) is 0 Å². The fourth-order valence-electron chi connectivity index (χ4n) is 4.37. The predicted octanol–water partition coefficient (Wildman–Crippen LogP) is 10.9. The van der Waals surface area contributed by atoms with E-state index in [0.29, 0.717) is 44.6 Å². The van der Waals surface area contributed by atoms with Gasteiger partial charge in [0.1, 0.15) is 0 Å². The summed E-state index contributed by atoms with van der Waals surface area (Å²) in [4.78, 5) is 45.9. The maximum Gasteiger partial charge on any atom is 0.507 e. The normalized spacial score (nSPS) is 9.49. The summed E-state index contributed by atoms with van der Waals surface area (Å²) in [6, 6.07) is 8.02. The average Bonchev–Trinajstić information content (AvgIpc) is 3.74. The van der Waals surface area contributed by atoms with E-state index in [0.717, 1.165) is 95.5 Å². The highest BCUT2D eigenvalue weighted by Crippen LogP contribution is 2.16. The third-order valence-corrected chi connectivity index (χ3v) is 7.91. The molecule has 2 rings (SSSR count). The van der Waals surface area contributed by atoms with Crippen LogP contribution in [0.15, 0.2) is 54.1 Å². The summed E-state index contributed by atoms with van der Waals surface area (Å²) < 4.78 is 42.3. The van der Waals surface area contributed by atoms with Gasteiger partial charge in [-0.05, 0) is 64.4 Å². The van der Waals surface area contributed by atoms with Gasteiger partial charge in [-0.3, -0.25) is 4.79 Å². The quantitative estimate of drug-likeness (QED) is 0.0357. The fourth-order valence-corrected chi connectivity index (χ4v) is 4.37. The van der Waals surface area contributed by atoms with Gasteiger partial charge in [-0.2, -0.15) is 4.98 Å². The van der Waals surface area contributed by atoms with Crippen LogP contribution in [-0.4, -0.2) is 109 Å². The Morgan fingerprint density at radius 2 is 1.05 bits per heavy atom. The molecule has 0 N–H and O–H groups in total. The number of carbonyl (C=O) groups is 4. The van der Waals surface area contributed by atoms with Gasteiger partial charge in [0.05, 0.1) is 34.0 Å². The molecule has 2 aromatic rings. The molecule has 0 spiro atoms. The summed E-state index contributed by atoms with van der Waals surface area (Å²) in [6.45, 7) is 20.6. The largest absolute Gasteiger partial charge is 0.507 e. The van der Waals surface area contributed by atoms with Crippen molar-refractivity contribution in [1.29, 1.82) is 0 Å². The first-order valence-corrected chi connectivity index (χ1v) is 22.1. The van der Waals surface area contributed by atoms with Gasteiger partial charge in [-0.25, -0.2) is 14.4 Å². The molecule has 0 unspecified atom stereocenters. The molecule has 0 aliphatic carbocycles. The van der Waals surface area contributed by atoms with Crippen LogP contribution in [0.4, 0.5) is 4.79 Å². The lowest BCUT2D eigenvalue weighted by Crippen LogP contribution is -2.04. The lowest BCUT2D eigenvalue weighted by atomic mass is 10.1. The summed E-state index contributed by atoms with van der Waals surface area (Å²) in [5.41, 5.74) is 2.19. The van der Waals surface area contributed by atoms with Crippen LogP contribution >= 0.6 is 0 Å². The molecule has 15 nitrogen and oxygen atoms in total. The second kappa shape index (κ2) is 53.5. The number of aromatic nitrogens is 2. The summed E-state index contributed by atoms with van der Waals surface area (Å²) in [7, 11) is 7.83. The molecule has 0 radical (unpaired) electrons. The molecule has 0 fully saturated rings. The van der Waals surface area contributed by atoms with Crippen molar-refractivity contribution in [2.24, 2.45) is 0 Å². The van der Waals surface area contributed by atoms with E-state index in [9.17, 15) is 19.2 Å². The first-order chi connectivity index (χ1) is 30.4. The van der Waals surface area contributed by atoms with Gasteiger partial charge in [0, 0.05) is 72.2 Å². The Labute approximate surface area is 379 Å². The maximum absolute atomic E-state index is 10.6. The first kappa shape index (κ1) is 65.0. The molecule has 0 saturated carbocycles. The molecule has 0 aliphatic rings. The molecule has 0 bridgehead atoms. The Morgan fingerprint density at radius 3 is 1.48 bits per heavy atom. The number of methoxy groups -OCH3 is 5. The van der Waals surface area contributed by atoms with Crippen molar-refractivity contribution in [3.8, 4) is 11.4 Å². The number of nitrogens with zero attached hydrogens (tertiary/aromatic N) is 2. The van der Waals surface area contributed by atoms with Crippen LogP contribution < -0.4 is 0 Å². The van der Waals surface area contributed by atoms with Crippen molar-refractivity contribution in [3.63, 3.8) is 0 Å². The van der Waals surface area contributed by atoms with E-state index < -0.39 is 6.16 Å². The summed E-state index contributed by atoms with van der Waals surface area (Å²) >= 11 is 0. The Bertz CT molecular complexity index is 1320. The van der Waals surface area contributed by atoms with Crippen LogP contribution in [0.25, 0.3) is 11.4 Å². The van der Waals surface area contributed by atoms with E-state index >= 15 is 0 Å². The lowest BCUT2D eigenvalue weighted by Gasteiger charge is -2.01. The van der Waals surface area contributed by atoms with Crippen LogP contribution in [0, 0.1) is 13.8 Å². The smallest absolute Gasteiger partial charge is 0.469 e. The van der Waals surface area contributed by atoms with Gasteiger partial charge < -0.3 is 42.4 Å². The average molecular weight is 897 g/mol. The highest BCUT2D eigenvalue weighted by Gasteiger charge is 2.04. The highest BCUT2D eigenvalue weighted by atomic mass is 16.7. The monoisotopic (exact) mass is 897 g/mol. The standard InChI is InChI=1S/C10H10N2O.C10H18O3.C8H14O3.C7H14O2.C7H16O.C6H12O3/c1-7-4-3-5-9(6-7)10-11-8(2)13-12-10;1-3-10(11)13-9-7-5-4-6-8-12-2;1-3-8(9)11-7-5-4-6-10-2;1-3-4-5-6-7(8)9-2;1-3-4-5-6-7-8-2;1-3-4-5-9-6(7)8-2/h3-6H,1-2H3;3H,1,4-9H2,2H3;3H,1,4-7H2,2H3;3-6H2,1-2H3;3-7H2,1-2H3;3-5H2,1-2H3. The number of rotatable bonds is 27. The molecule has 1 heterocycles. The van der Waals surface area contributed by atoms with Gasteiger partial charge in [0.15, 0.2) is 0 Å². The predicted molar refractivity (Wildman–Crippen MR) is 248 cm³/mol. The molecular formula is C48H84N2O13. The van der Waals surface area contributed by atoms with E-state index in [1.165, 1.54) is 51.5 Å². The van der Waals surface area contributed by atoms with E-state index in [1.54, 1.807) is 28.3 Å². The Hall–Kier alpha value is -4.60. The molecule has 1 aromatic carbocycles. The zero-order valence-electron chi connectivity index (χ0n) is 40.6. The van der Waals surface area contributed by atoms with Gasteiger partial charge in [-0.1, -0.05) is 108 Å². The minimum absolute atomic E-state index is 0.0940. The number of aryl methyl sites for hydroxylation is 2. The van der Waals surface area contributed by atoms with E-state index in [2.05, 4.69) is 51.4 Å². The zero-order chi connectivity index (χ0) is 48.2. The van der Waals surface area contributed by atoms with E-state index in [4.69, 9.17) is 28.2 Å². The molecule has 0 saturated heterocycles. The third-order valence-electron chi connectivity index (χ3n) is 7.91. The molecule has 63 heavy (non-hydrogen) atoms. The van der Waals surface area contributed by atoms with Crippen molar-refractivity contribution in [1.82, 2.24) is 10.1 Å². The van der Waals surface area contributed by atoms with Crippen LogP contribution in [0.1, 0.15) is 135 Å². The zero-order valence-corrected chi connectivity index (χ0v) is 40.6. The molecule has 15 heteroatoms. The number of unbranched alkanes of at least 4 members (excludes halogenated alkanes) is 10. The number of benzene rings is 1. The Morgan fingerprint density at radius 1 is 0.587 bits per heavy atom. The van der Waals surface area contributed by atoms with Crippen molar-refractivity contribution >= 4 is 24.1 Å². The van der Waals surface area contributed by atoms with E-state index in [-0.39, 0.29) is 17.9 Å². The second-order valence-electron chi connectivity index (χ2n) is 13.6. The van der Waals surface area contributed by atoms with Crippen LogP contribution in [-0.2, 0) is 52.3 Å². The Kier molecular flexibility index (Phi) is 55.3. The number of ether oxygens (including phenoxy) is 8. The number of carbonyl (C=O) groups excluding carboxylic acids is 4. The summed E-state index contributed by atoms with van der Waals surface area (Å²) in [6.07, 6.45) is 18.6. The number of hydrogen-bond donors (Lipinski definition) is 0. The van der Waals surface area contributed by atoms with Crippen LogP contribution in [0.2, 0.25) is 0 Å². The minimum atomic E-state index is -0.594. The topological polar surface area (TPSA) is 181 Å². The number of hydrogen-bond acceptors (Lipinski definition) is 15. The van der Waals surface area contributed by atoms with Crippen LogP contribution in [0.5, 0.6) is 0 Å². The van der Waals surface area contributed by atoms with Gasteiger partial charge in [0.2, 0.25) is 11.7 Å². The third kappa shape index (κ3) is 53.5. The highest BCUT2D eigenvalue weighted by molar-refractivity contribution is 5.81. The summed E-state index contributed by atoms with van der Waals surface area (Å²) in [5.74, 6) is 0.459. The van der Waals surface area contributed by atoms with Crippen LogP contribution in [0.3, 0.4) is 0 Å². The van der Waals surface area contributed by atoms with Crippen molar-refractivity contribution < 1.29 is 61.6 Å². The molecule has 0 aliphatic heterocycles. The van der Waals surface area contributed by atoms with Crippen molar-refractivity contribution in [2.45, 2.75) is 137 Å². The molecule has 0 amide bonds. The van der Waals surface area contributed by atoms with Gasteiger partial charge in [-0.15, -0.1) is 0 Å². The fraction of sp³-hybridized carbons (Fsp3) is 0.667. The van der Waals surface area contributed by atoms with Crippen molar-refractivity contribution in [3.05, 3.63) is 61.0 Å². The summed E-state index contributed by atoms with van der Waals surface area (Å²) in [5, 5.41) is 3.84. The lowest BCUT2D eigenvalue weighted by molar-refractivity contribution is -0.141. The van der Waals surface area contributed by atoms with E-state index in [1.807, 2.05) is 38.1 Å². The minimum Gasteiger partial charge on any atom is -0.469 e. The Balaban J connectivity index is -0.000000335. The maximum atomic E-state index is 10.6. The molecule has 1 aromatic heterocycles. The molecule has 364 valence electrons. The second-order valence-corrected chi connectivity index (χ2v) is 13.6. The SMILES string of the molecule is C=CC(=O)OCCCCCCOC.C=CC(=O)OCCCCOC.CCCCCC(=O)OC.CCCCCCOC.CCCCOC(=O)OC.Cc1cccc(-c2noc(C)n2)c1. The number of esters is 3.